The fraction of sp³-hybridized carbons (Fsp3) is 0.833. The Morgan fingerprint density at radius 3 is 1.71 bits per heavy atom. The second kappa shape index (κ2) is 0.504. The van der Waals surface area contributed by atoms with Gasteiger partial charge in [0.15, 0.2) is 0 Å². The van der Waals surface area contributed by atoms with Crippen LogP contribution in [-0.4, -0.2) is 5.78 Å². The van der Waals surface area contributed by atoms with E-state index in [9.17, 15) is 4.79 Å². The number of hydrogen-bond donors (Lipinski definition) is 0. The predicted molar refractivity (Wildman–Crippen MR) is 25.8 cm³/mol. The van der Waals surface area contributed by atoms with Crippen molar-refractivity contribution in [3.05, 3.63) is 0 Å². The molecule has 2 fully saturated rings. The predicted octanol–water partition coefficient (Wildman–Crippen LogP) is 0.985. The molecule has 2 aliphatic carbocycles. The van der Waals surface area contributed by atoms with Crippen LogP contribution in [0.5, 0.6) is 0 Å². The van der Waals surface area contributed by atoms with Crippen LogP contribution in [-0.2, 0) is 4.79 Å². The highest BCUT2D eigenvalue weighted by Gasteiger charge is 2.86. The van der Waals surface area contributed by atoms with Crippen molar-refractivity contribution in [3.8, 4) is 0 Å². The first kappa shape index (κ1) is 3.65. The van der Waals surface area contributed by atoms with Crippen molar-refractivity contribution in [3.63, 3.8) is 0 Å². The molecule has 0 aromatic heterocycles. The van der Waals surface area contributed by atoms with E-state index in [1.807, 2.05) is 0 Å². The van der Waals surface area contributed by atoms with Gasteiger partial charge in [-0.05, 0) is 6.42 Å². The highest BCUT2D eigenvalue weighted by atomic mass is 16.2. The van der Waals surface area contributed by atoms with Gasteiger partial charge < -0.3 is 0 Å². The molecular formula is C6H8O. The maximum Gasteiger partial charge on any atom is 0.146 e. The van der Waals surface area contributed by atoms with Gasteiger partial charge in [-0.25, -0.2) is 0 Å². The molecule has 0 unspecified atom stereocenters. The first-order chi connectivity index (χ1) is 3.11. The Kier molecular flexibility index (Phi) is 0.262. The first-order valence-corrected chi connectivity index (χ1v) is 2.66. The maximum absolute atomic E-state index is 10.6. The molecule has 38 valence electrons. The monoisotopic (exact) mass is 96.1 g/mol. The maximum atomic E-state index is 10.6. The molecule has 1 nitrogen and oxygen atoms in total. The zero-order valence-corrected chi connectivity index (χ0v) is 4.62. The molecule has 0 amide bonds. The number of Topliss-reactive ketones (excluding diaryl/α,β-unsaturated/α-hetero) is 1. The standard InChI is InChI=1S/C6H8O/c1-5-3-6(5,2)4(5)7/h3H2,1-2H3/t5-,6+. The average Bonchev–Trinajstić information content (AvgIpc) is 2.24. The van der Waals surface area contributed by atoms with Crippen molar-refractivity contribution >= 4 is 5.78 Å². The smallest absolute Gasteiger partial charge is 0.146 e. The van der Waals surface area contributed by atoms with E-state index in [4.69, 9.17) is 0 Å². The van der Waals surface area contributed by atoms with Crippen molar-refractivity contribution < 1.29 is 4.79 Å². The quantitative estimate of drug-likeness (QED) is 0.439. The summed E-state index contributed by atoms with van der Waals surface area (Å²) < 4.78 is 0. The van der Waals surface area contributed by atoms with Crippen molar-refractivity contribution in [1.29, 1.82) is 0 Å². The van der Waals surface area contributed by atoms with E-state index in [1.165, 1.54) is 0 Å². The van der Waals surface area contributed by atoms with Gasteiger partial charge in [-0.15, -0.1) is 0 Å². The van der Waals surface area contributed by atoms with E-state index in [2.05, 4.69) is 13.8 Å². The third-order valence-corrected chi connectivity index (χ3v) is 2.74. The van der Waals surface area contributed by atoms with Crippen LogP contribution in [0.4, 0.5) is 0 Å². The summed E-state index contributed by atoms with van der Waals surface area (Å²) in [4.78, 5) is 10.6. The topological polar surface area (TPSA) is 17.1 Å². The summed E-state index contributed by atoms with van der Waals surface area (Å²) in [6.45, 7) is 4.10. The SMILES string of the molecule is C[C@@]12C[C@]1(C)C2=O. The summed E-state index contributed by atoms with van der Waals surface area (Å²) in [5, 5.41) is 0. The largest absolute Gasteiger partial charge is 0.298 e. The van der Waals surface area contributed by atoms with Gasteiger partial charge in [0, 0.05) is 10.8 Å². The van der Waals surface area contributed by atoms with Gasteiger partial charge in [-0.3, -0.25) is 4.79 Å². The van der Waals surface area contributed by atoms with Gasteiger partial charge in [0.2, 0.25) is 0 Å². The van der Waals surface area contributed by atoms with Gasteiger partial charge >= 0.3 is 0 Å². The highest BCUT2D eigenvalue weighted by Crippen LogP contribution is 2.81. The Balaban J connectivity index is 2.45. The minimum atomic E-state index is 0.174. The second-order valence-electron chi connectivity index (χ2n) is 3.17. The molecule has 2 rings (SSSR count). The Bertz CT molecular complexity index is 146. The minimum Gasteiger partial charge on any atom is -0.298 e. The number of fused-ring (bicyclic) bond motifs is 1. The molecule has 2 saturated carbocycles. The molecule has 0 spiro atoms. The molecular weight excluding hydrogens is 88.1 g/mol. The van der Waals surface area contributed by atoms with Crippen molar-refractivity contribution in [2.45, 2.75) is 20.3 Å². The van der Waals surface area contributed by atoms with E-state index in [1.54, 1.807) is 0 Å². The van der Waals surface area contributed by atoms with Crippen molar-refractivity contribution in [2.24, 2.45) is 10.8 Å². The Hall–Kier alpha value is -0.330. The number of ketones is 1. The molecule has 7 heavy (non-hydrogen) atoms. The molecule has 2 aliphatic rings. The molecule has 0 heterocycles. The van der Waals surface area contributed by atoms with Gasteiger partial charge in [-0.2, -0.15) is 0 Å². The zero-order valence-electron chi connectivity index (χ0n) is 4.62. The average molecular weight is 96.1 g/mol. The molecule has 0 aliphatic heterocycles. The van der Waals surface area contributed by atoms with E-state index >= 15 is 0 Å². The zero-order chi connectivity index (χ0) is 5.28. The van der Waals surface area contributed by atoms with Crippen molar-refractivity contribution in [1.82, 2.24) is 0 Å². The molecule has 0 N–H and O–H groups in total. The van der Waals surface area contributed by atoms with Gasteiger partial charge in [0.05, 0.1) is 0 Å². The van der Waals surface area contributed by atoms with Crippen LogP contribution in [0.3, 0.4) is 0 Å². The first-order valence-electron chi connectivity index (χ1n) is 2.66. The molecule has 0 radical (unpaired) electrons. The van der Waals surface area contributed by atoms with E-state index in [0.29, 0.717) is 5.78 Å². The number of rotatable bonds is 0. The summed E-state index contributed by atoms with van der Waals surface area (Å²) in [5.74, 6) is 0.486. The Labute approximate surface area is 42.7 Å². The van der Waals surface area contributed by atoms with Crippen LogP contribution in [0.25, 0.3) is 0 Å². The number of carbonyl (C=O) groups is 1. The van der Waals surface area contributed by atoms with Crippen LogP contribution in [0.15, 0.2) is 0 Å². The number of hydrogen-bond acceptors (Lipinski definition) is 1. The van der Waals surface area contributed by atoms with Gasteiger partial charge in [0.25, 0.3) is 0 Å². The minimum absolute atomic E-state index is 0.174. The normalized spacial score (nSPS) is 64.6. The third kappa shape index (κ3) is 0.149. The molecule has 0 saturated heterocycles. The summed E-state index contributed by atoms with van der Waals surface area (Å²) in [6, 6.07) is 0. The molecule has 0 aromatic rings. The van der Waals surface area contributed by atoms with E-state index in [-0.39, 0.29) is 10.8 Å². The fourth-order valence-corrected chi connectivity index (χ4v) is 1.49. The van der Waals surface area contributed by atoms with Crippen LogP contribution >= 0.6 is 0 Å². The molecule has 0 bridgehead atoms. The van der Waals surface area contributed by atoms with Gasteiger partial charge in [-0.1, -0.05) is 13.8 Å². The molecule has 0 aromatic carbocycles. The molecule has 1 heteroatoms. The second-order valence-corrected chi connectivity index (χ2v) is 3.17. The van der Waals surface area contributed by atoms with Crippen LogP contribution in [0, 0.1) is 10.8 Å². The lowest BCUT2D eigenvalue weighted by Crippen LogP contribution is -1.92. The Morgan fingerprint density at radius 1 is 1.43 bits per heavy atom. The van der Waals surface area contributed by atoms with E-state index < -0.39 is 0 Å². The summed E-state index contributed by atoms with van der Waals surface area (Å²) in [5.41, 5.74) is 0.347. The van der Waals surface area contributed by atoms with Crippen LogP contribution < -0.4 is 0 Å². The summed E-state index contributed by atoms with van der Waals surface area (Å²) in [6.07, 6.45) is 1.15. The summed E-state index contributed by atoms with van der Waals surface area (Å²) >= 11 is 0. The van der Waals surface area contributed by atoms with Crippen molar-refractivity contribution in [2.75, 3.05) is 0 Å². The fourth-order valence-electron chi connectivity index (χ4n) is 1.49. The van der Waals surface area contributed by atoms with E-state index in [0.717, 1.165) is 6.42 Å². The van der Waals surface area contributed by atoms with Crippen LogP contribution in [0.2, 0.25) is 0 Å². The summed E-state index contributed by atoms with van der Waals surface area (Å²) in [7, 11) is 0. The lowest BCUT2D eigenvalue weighted by atomic mass is 10.2. The lowest BCUT2D eigenvalue weighted by molar-refractivity contribution is -0.116. The number of carbonyl (C=O) groups excluding carboxylic acids is 1. The third-order valence-electron chi connectivity index (χ3n) is 2.74. The van der Waals surface area contributed by atoms with Crippen LogP contribution in [0.1, 0.15) is 20.3 Å². The van der Waals surface area contributed by atoms with Gasteiger partial charge in [0.1, 0.15) is 5.78 Å². The lowest BCUT2D eigenvalue weighted by Gasteiger charge is -1.83. The highest BCUT2D eigenvalue weighted by molar-refractivity contribution is 6.15. The Morgan fingerprint density at radius 2 is 1.71 bits per heavy atom. The molecule has 2 atom stereocenters.